The lowest BCUT2D eigenvalue weighted by Crippen LogP contribution is -2.47. The van der Waals surface area contributed by atoms with Crippen molar-refractivity contribution >= 4 is 11.9 Å². The van der Waals surface area contributed by atoms with Gasteiger partial charge in [0.2, 0.25) is 0 Å². The fourth-order valence-electron chi connectivity index (χ4n) is 3.38. The lowest BCUT2D eigenvalue weighted by atomic mass is 9.96. The number of benzene rings is 1. The second-order valence-electron chi connectivity index (χ2n) is 6.64. The zero-order valence-electron chi connectivity index (χ0n) is 15.8. The van der Waals surface area contributed by atoms with Crippen LogP contribution in [0.2, 0.25) is 0 Å². The van der Waals surface area contributed by atoms with Crippen LogP contribution in [0.15, 0.2) is 78.8 Å². The molecule has 8 heteroatoms. The zero-order chi connectivity index (χ0) is 20.2. The molecule has 2 aromatic heterocycles. The van der Waals surface area contributed by atoms with E-state index in [1.807, 2.05) is 41.1 Å². The van der Waals surface area contributed by atoms with Crippen molar-refractivity contribution in [3.63, 3.8) is 0 Å². The molecule has 1 atom stereocenters. The first kappa shape index (κ1) is 18.4. The maximum Gasteiger partial charge on any atom is 0.319 e. The van der Waals surface area contributed by atoms with Gasteiger partial charge in [-0.1, -0.05) is 24.3 Å². The van der Waals surface area contributed by atoms with Gasteiger partial charge in [0.25, 0.3) is 5.91 Å². The standard InChI is InChI=1S/C21H20N6O2/c1-14-18(19(26-21(29)25-14)16-6-4-8-22-11-16)20(28)24-12-15-5-2-3-7-17(15)27-10-9-23-13-27/h2-11,13,19H,12H2,1H3,(H,24,28)(H2,25,26,29)/t19-/m0/s1. The van der Waals surface area contributed by atoms with Crippen LogP contribution in [0.3, 0.4) is 0 Å². The van der Waals surface area contributed by atoms with E-state index in [1.54, 1.807) is 37.9 Å². The number of pyridine rings is 1. The first-order chi connectivity index (χ1) is 14.1. The Morgan fingerprint density at radius 3 is 2.79 bits per heavy atom. The van der Waals surface area contributed by atoms with Gasteiger partial charge in [-0.3, -0.25) is 9.78 Å². The normalized spacial score (nSPS) is 16.2. The third-order valence-corrected chi connectivity index (χ3v) is 4.75. The van der Waals surface area contributed by atoms with E-state index >= 15 is 0 Å². The van der Waals surface area contributed by atoms with E-state index in [0.717, 1.165) is 16.8 Å². The number of rotatable bonds is 5. The van der Waals surface area contributed by atoms with Crippen LogP contribution >= 0.6 is 0 Å². The van der Waals surface area contributed by atoms with E-state index in [9.17, 15) is 9.59 Å². The van der Waals surface area contributed by atoms with Crippen molar-refractivity contribution in [2.45, 2.75) is 19.5 Å². The van der Waals surface area contributed by atoms with Crippen LogP contribution in [0.4, 0.5) is 4.79 Å². The van der Waals surface area contributed by atoms with Crippen molar-refractivity contribution in [1.29, 1.82) is 0 Å². The lowest BCUT2D eigenvalue weighted by molar-refractivity contribution is -0.118. The molecule has 1 aliphatic rings. The van der Waals surface area contributed by atoms with E-state index < -0.39 is 6.04 Å². The predicted octanol–water partition coefficient (Wildman–Crippen LogP) is 2.21. The molecule has 146 valence electrons. The molecule has 0 bridgehead atoms. The number of imidazole rings is 1. The van der Waals surface area contributed by atoms with Gasteiger partial charge in [-0.15, -0.1) is 0 Å². The Hall–Kier alpha value is -3.94. The summed E-state index contributed by atoms with van der Waals surface area (Å²) in [5.74, 6) is -0.260. The molecule has 0 spiro atoms. The van der Waals surface area contributed by atoms with E-state index in [-0.39, 0.29) is 11.9 Å². The van der Waals surface area contributed by atoms with Crippen molar-refractivity contribution < 1.29 is 9.59 Å². The Morgan fingerprint density at radius 1 is 1.17 bits per heavy atom. The quantitative estimate of drug-likeness (QED) is 0.624. The lowest BCUT2D eigenvalue weighted by Gasteiger charge is -2.28. The molecule has 0 aliphatic carbocycles. The van der Waals surface area contributed by atoms with Gasteiger partial charge in [0.1, 0.15) is 0 Å². The maximum atomic E-state index is 13.1. The van der Waals surface area contributed by atoms with Crippen molar-refractivity contribution in [3.8, 4) is 5.69 Å². The van der Waals surface area contributed by atoms with Crippen LogP contribution in [0, 0.1) is 0 Å². The average molecular weight is 388 g/mol. The van der Waals surface area contributed by atoms with Gasteiger partial charge in [0.15, 0.2) is 0 Å². The van der Waals surface area contributed by atoms with Crippen molar-refractivity contribution in [2.24, 2.45) is 0 Å². The van der Waals surface area contributed by atoms with Gasteiger partial charge in [0, 0.05) is 37.0 Å². The minimum atomic E-state index is -0.568. The summed E-state index contributed by atoms with van der Waals surface area (Å²) in [5.41, 5.74) is 3.60. The number of nitrogens with zero attached hydrogens (tertiary/aromatic N) is 3. The zero-order valence-corrected chi connectivity index (χ0v) is 15.8. The molecular formula is C21H20N6O2. The van der Waals surface area contributed by atoms with Gasteiger partial charge in [-0.2, -0.15) is 0 Å². The van der Waals surface area contributed by atoms with Crippen LogP contribution in [0.1, 0.15) is 24.1 Å². The molecule has 3 heterocycles. The number of nitrogens with one attached hydrogen (secondary N) is 3. The van der Waals surface area contributed by atoms with Gasteiger partial charge >= 0.3 is 6.03 Å². The summed E-state index contributed by atoms with van der Waals surface area (Å²) >= 11 is 0. The summed E-state index contributed by atoms with van der Waals surface area (Å²) in [6.07, 6.45) is 8.57. The highest BCUT2D eigenvalue weighted by atomic mass is 16.2. The minimum Gasteiger partial charge on any atom is -0.348 e. The topological polar surface area (TPSA) is 101 Å². The first-order valence-corrected chi connectivity index (χ1v) is 9.16. The highest BCUT2D eigenvalue weighted by Crippen LogP contribution is 2.26. The van der Waals surface area contributed by atoms with Crippen LogP contribution in [0.5, 0.6) is 0 Å². The number of allylic oxidation sites excluding steroid dienone is 1. The number of hydrogen-bond donors (Lipinski definition) is 3. The van der Waals surface area contributed by atoms with Gasteiger partial charge < -0.3 is 20.5 Å². The smallest absolute Gasteiger partial charge is 0.319 e. The predicted molar refractivity (Wildman–Crippen MR) is 107 cm³/mol. The van der Waals surface area contributed by atoms with Crippen molar-refractivity contribution in [3.05, 3.63) is 89.9 Å². The number of carbonyl (C=O) groups excluding carboxylic acids is 2. The van der Waals surface area contributed by atoms with Gasteiger partial charge in [-0.25, -0.2) is 9.78 Å². The van der Waals surface area contributed by atoms with E-state index in [1.165, 1.54) is 0 Å². The Kier molecular flexibility index (Phi) is 5.07. The van der Waals surface area contributed by atoms with Crippen molar-refractivity contribution in [1.82, 2.24) is 30.5 Å². The third-order valence-electron chi connectivity index (χ3n) is 4.75. The van der Waals surface area contributed by atoms with E-state index in [0.29, 0.717) is 17.8 Å². The molecule has 3 amide bonds. The summed E-state index contributed by atoms with van der Waals surface area (Å²) in [6, 6.07) is 10.5. The summed E-state index contributed by atoms with van der Waals surface area (Å²) < 4.78 is 1.90. The molecule has 0 saturated heterocycles. The molecule has 3 N–H and O–H groups in total. The number of aromatic nitrogens is 3. The molecule has 0 fully saturated rings. The Balaban J connectivity index is 1.58. The van der Waals surface area contributed by atoms with Gasteiger partial charge in [-0.05, 0) is 30.2 Å². The molecule has 29 heavy (non-hydrogen) atoms. The largest absolute Gasteiger partial charge is 0.348 e. The highest BCUT2D eigenvalue weighted by molar-refractivity contribution is 5.98. The van der Waals surface area contributed by atoms with Crippen LogP contribution in [-0.4, -0.2) is 26.5 Å². The average Bonchev–Trinajstić information content (AvgIpc) is 3.27. The minimum absolute atomic E-state index is 0.260. The number of carbonyl (C=O) groups is 2. The molecule has 0 saturated carbocycles. The van der Waals surface area contributed by atoms with Crippen LogP contribution in [-0.2, 0) is 11.3 Å². The molecular weight excluding hydrogens is 368 g/mol. The van der Waals surface area contributed by atoms with Crippen LogP contribution < -0.4 is 16.0 Å². The fourth-order valence-corrected chi connectivity index (χ4v) is 3.38. The second kappa shape index (κ2) is 7.97. The van der Waals surface area contributed by atoms with Crippen molar-refractivity contribution in [2.75, 3.05) is 0 Å². The SMILES string of the molecule is CC1=C(C(=O)NCc2ccccc2-n2ccnc2)[C@H](c2cccnc2)NC(=O)N1. The van der Waals surface area contributed by atoms with Crippen LogP contribution in [0.25, 0.3) is 5.69 Å². The molecule has 0 radical (unpaired) electrons. The summed E-state index contributed by atoms with van der Waals surface area (Å²) in [5, 5.41) is 8.46. The molecule has 1 aliphatic heterocycles. The third kappa shape index (κ3) is 3.86. The molecule has 8 nitrogen and oxygen atoms in total. The maximum absolute atomic E-state index is 13.1. The second-order valence-corrected chi connectivity index (χ2v) is 6.64. The summed E-state index contributed by atoms with van der Waals surface area (Å²) in [4.78, 5) is 33.2. The first-order valence-electron chi connectivity index (χ1n) is 9.16. The monoisotopic (exact) mass is 388 g/mol. The number of hydrogen-bond acceptors (Lipinski definition) is 4. The molecule has 1 aromatic carbocycles. The fraction of sp³-hybridized carbons (Fsp3) is 0.143. The molecule has 3 aromatic rings. The Bertz CT molecular complexity index is 1060. The highest BCUT2D eigenvalue weighted by Gasteiger charge is 2.31. The number of para-hydroxylation sites is 1. The number of urea groups is 1. The summed E-state index contributed by atoms with van der Waals surface area (Å²) in [7, 11) is 0. The molecule has 0 unspecified atom stereocenters. The number of amides is 3. The van der Waals surface area contributed by atoms with E-state index in [4.69, 9.17) is 0 Å². The van der Waals surface area contributed by atoms with Gasteiger partial charge in [0.05, 0.1) is 23.6 Å². The Labute approximate surface area is 167 Å². The Morgan fingerprint density at radius 2 is 2.03 bits per heavy atom. The molecule has 4 rings (SSSR count). The van der Waals surface area contributed by atoms with E-state index in [2.05, 4.69) is 25.9 Å². The summed E-state index contributed by atoms with van der Waals surface area (Å²) in [6.45, 7) is 2.05.